The molecule has 1 saturated carbocycles. The van der Waals surface area contributed by atoms with E-state index in [-0.39, 0.29) is 17.7 Å². The summed E-state index contributed by atoms with van der Waals surface area (Å²) < 4.78 is 0. The highest BCUT2D eigenvalue weighted by Crippen LogP contribution is 2.37. The minimum atomic E-state index is -0.568. The first kappa shape index (κ1) is 19.7. The van der Waals surface area contributed by atoms with E-state index in [4.69, 9.17) is 5.73 Å². The van der Waals surface area contributed by atoms with Crippen molar-refractivity contribution in [2.75, 3.05) is 13.1 Å². The second-order valence-corrected chi connectivity index (χ2v) is 8.69. The van der Waals surface area contributed by atoms with Gasteiger partial charge in [0, 0.05) is 19.0 Å². The Morgan fingerprint density at radius 1 is 0.931 bits per heavy atom. The molecule has 0 unspecified atom stereocenters. The summed E-state index contributed by atoms with van der Waals surface area (Å²) in [5, 5.41) is 0. The number of benzene rings is 2. The lowest BCUT2D eigenvalue weighted by molar-refractivity contribution is -0.141. The van der Waals surface area contributed by atoms with Crippen molar-refractivity contribution in [3.63, 3.8) is 0 Å². The number of nitrogens with zero attached hydrogens (tertiary/aromatic N) is 1. The van der Waals surface area contributed by atoms with Crippen molar-refractivity contribution in [2.24, 2.45) is 17.1 Å². The van der Waals surface area contributed by atoms with Gasteiger partial charge in [-0.1, -0.05) is 67.4 Å². The number of carbonyl (C=O) groups excluding carboxylic acids is 2. The number of hydrogen-bond donors (Lipinski definition) is 1. The second-order valence-electron chi connectivity index (χ2n) is 8.69. The molecule has 4 rings (SSSR count). The predicted molar refractivity (Wildman–Crippen MR) is 115 cm³/mol. The lowest BCUT2D eigenvalue weighted by Gasteiger charge is -2.40. The molecule has 4 nitrogen and oxygen atoms in total. The maximum atomic E-state index is 12.8. The van der Waals surface area contributed by atoms with Crippen LogP contribution < -0.4 is 5.73 Å². The van der Waals surface area contributed by atoms with Gasteiger partial charge in [-0.05, 0) is 48.8 Å². The van der Waals surface area contributed by atoms with E-state index >= 15 is 0 Å². The van der Waals surface area contributed by atoms with Gasteiger partial charge in [-0.25, -0.2) is 0 Å². The van der Waals surface area contributed by atoms with E-state index < -0.39 is 5.41 Å². The zero-order valence-corrected chi connectivity index (χ0v) is 17.0. The Labute approximate surface area is 173 Å². The molecule has 2 aliphatic rings. The Morgan fingerprint density at radius 3 is 2.24 bits per heavy atom. The van der Waals surface area contributed by atoms with E-state index in [1.54, 1.807) is 0 Å². The summed E-state index contributed by atoms with van der Waals surface area (Å²) in [6.07, 6.45) is 6.28. The number of hydrogen-bond acceptors (Lipinski definition) is 2. The van der Waals surface area contributed by atoms with E-state index in [9.17, 15) is 9.59 Å². The monoisotopic (exact) mass is 390 g/mol. The first-order valence-corrected chi connectivity index (χ1v) is 10.8. The highest BCUT2D eigenvalue weighted by atomic mass is 16.2. The molecule has 152 valence electrons. The van der Waals surface area contributed by atoms with Crippen LogP contribution in [-0.2, 0) is 16.0 Å². The molecule has 2 N–H and O–H groups in total. The molecule has 0 aromatic heterocycles. The van der Waals surface area contributed by atoms with E-state index in [0.29, 0.717) is 32.4 Å². The van der Waals surface area contributed by atoms with Crippen molar-refractivity contribution in [3.05, 3.63) is 60.2 Å². The molecular formula is C25H30N2O2. The Balaban J connectivity index is 1.48. The molecule has 2 aromatic rings. The van der Waals surface area contributed by atoms with Crippen molar-refractivity contribution in [1.82, 2.24) is 4.90 Å². The van der Waals surface area contributed by atoms with Gasteiger partial charge in [0.1, 0.15) is 0 Å². The van der Waals surface area contributed by atoms with Crippen LogP contribution in [0.15, 0.2) is 54.6 Å². The smallest absolute Gasteiger partial charge is 0.225 e. The van der Waals surface area contributed by atoms with E-state index in [2.05, 4.69) is 30.3 Å². The molecule has 1 heterocycles. The number of nitrogens with two attached hydrogens (primary N) is 1. The summed E-state index contributed by atoms with van der Waals surface area (Å²) >= 11 is 0. The molecule has 1 aliphatic carbocycles. The quantitative estimate of drug-likeness (QED) is 0.832. The molecular weight excluding hydrogens is 360 g/mol. The standard InChI is InChI=1S/C25H30N2O2/c26-24(29)25(13-15-27(16-14-25)23(28)21-10-4-5-11-21)18-19-7-6-12-22(17-19)20-8-2-1-3-9-20/h1-3,6-9,12,17,21H,4-5,10-11,13-16,18H2,(H2,26,29). The fourth-order valence-corrected chi connectivity index (χ4v) is 4.98. The summed E-state index contributed by atoms with van der Waals surface area (Å²) in [6, 6.07) is 18.6. The van der Waals surface area contributed by atoms with Crippen molar-refractivity contribution in [1.29, 1.82) is 0 Å². The minimum Gasteiger partial charge on any atom is -0.369 e. The van der Waals surface area contributed by atoms with Crippen molar-refractivity contribution < 1.29 is 9.59 Å². The Kier molecular flexibility index (Phi) is 5.70. The van der Waals surface area contributed by atoms with Gasteiger partial charge in [-0.15, -0.1) is 0 Å². The SMILES string of the molecule is NC(=O)C1(Cc2cccc(-c3ccccc3)c2)CCN(C(=O)C2CCCC2)CC1. The zero-order valence-electron chi connectivity index (χ0n) is 17.0. The highest BCUT2D eigenvalue weighted by Gasteiger charge is 2.42. The van der Waals surface area contributed by atoms with Gasteiger partial charge in [0.15, 0.2) is 0 Å². The number of primary amides is 1. The van der Waals surface area contributed by atoms with Crippen LogP contribution in [0, 0.1) is 11.3 Å². The Hall–Kier alpha value is -2.62. The van der Waals surface area contributed by atoms with E-state index in [1.807, 2.05) is 29.2 Å². The Morgan fingerprint density at radius 2 is 1.59 bits per heavy atom. The zero-order chi connectivity index (χ0) is 20.3. The maximum absolute atomic E-state index is 12.8. The summed E-state index contributed by atoms with van der Waals surface area (Å²) in [5.41, 5.74) is 8.77. The van der Waals surface area contributed by atoms with Gasteiger partial charge in [-0.3, -0.25) is 9.59 Å². The van der Waals surface area contributed by atoms with E-state index in [1.165, 1.54) is 5.56 Å². The van der Waals surface area contributed by atoms with Crippen molar-refractivity contribution >= 4 is 11.8 Å². The van der Waals surface area contributed by atoms with Gasteiger partial charge < -0.3 is 10.6 Å². The van der Waals surface area contributed by atoms with Crippen LogP contribution in [0.2, 0.25) is 0 Å². The van der Waals surface area contributed by atoms with Crippen LogP contribution in [0.25, 0.3) is 11.1 Å². The van der Waals surface area contributed by atoms with Gasteiger partial charge in [-0.2, -0.15) is 0 Å². The van der Waals surface area contributed by atoms with Gasteiger partial charge in [0.05, 0.1) is 5.41 Å². The lowest BCUT2D eigenvalue weighted by atomic mass is 9.73. The lowest BCUT2D eigenvalue weighted by Crippen LogP contribution is -2.50. The molecule has 0 atom stereocenters. The largest absolute Gasteiger partial charge is 0.369 e. The molecule has 2 fully saturated rings. The number of amides is 2. The number of rotatable bonds is 5. The fraction of sp³-hybridized carbons (Fsp3) is 0.440. The second kappa shape index (κ2) is 8.40. The average Bonchev–Trinajstić information content (AvgIpc) is 3.29. The van der Waals surface area contributed by atoms with Crippen LogP contribution in [-0.4, -0.2) is 29.8 Å². The molecule has 0 bridgehead atoms. The first-order chi connectivity index (χ1) is 14.1. The molecule has 29 heavy (non-hydrogen) atoms. The molecule has 4 heteroatoms. The molecule has 1 aliphatic heterocycles. The fourth-order valence-electron chi connectivity index (χ4n) is 4.98. The summed E-state index contributed by atoms with van der Waals surface area (Å²) in [7, 11) is 0. The third-order valence-electron chi connectivity index (χ3n) is 6.84. The van der Waals surface area contributed by atoms with Crippen LogP contribution in [0.1, 0.15) is 44.1 Å². The third-order valence-corrected chi connectivity index (χ3v) is 6.84. The number of piperidine rings is 1. The van der Waals surface area contributed by atoms with Gasteiger partial charge in [0.2, 0.25) is 11.8 Å². The van der Waals surface area contributed by atoms with Crippen LogP contribution in [0.4, 0.5) is 0 Å². The van der Waals surface area contributed by atoms with Gasteiger partial charge >= 0.3 is 0 Å². The number of likely N-dealkylation sites (tertiary alicyclic amines) is 1. The summed E-state index contributed by atoms with van der Waals surface area (Å²) in [4.78, 5) is 27.2. The molecule has 0 spiro atoms. The van der Waals surface area contributed by atoms with Crippen molar-refractivity contribution in [2.45, 2.75) is 44.9 Å². The highest BCUT2D eigenvalue weighted by molar-refractivity contribution is 5.83. The normalized spacial score (nSPS) is 19.2. The van der Waals surface area contributed by atoms with Crippen molar-refractivity contribution in [3.8, 4) is 11.1 Å². The van der Waals surface area contributed by atoms with Crippen LogP contribution in [0.5, 0.6) is 0 Å². The predicted octanol–water partition coefficient (Wildman–Crippen LogP) is 4.18. The number of carbonyl (C=O) groups is 2. The van der Waals surface area contributed by atoms with Gasteiger partial charge in [0.25, 0.3) is 0 Å². The van der Waals surface area contributed by atoms with E-state index in [0.717, 1.165) is 36.8 Å². The maximum Gasteiger partial charge on any atom is 0.225 e. The first-order valence-electron chi connectivity index (χ1n) is 10.8. The topological polar surface area (TPSA) is 63.4 Å². The molecule has 2 amide bonds. The third kappa shape index (κ3) is 4.21. The molecule has 2 aromatic carbocycles. The molecule has 0 radical (unpaired) electrons. The average molecular weight is 391 g/mol. The molecule has 1 saturated heterocycles. The minimum absolute atomic E-state index is 0.193. The summed E-state index contributed by atoms with van der Waals surface area (Å²) in [6.45, 7) is 1.27. The Bertz CT molecular complexity index is 863. The summed E-state index contributed by atoms with van der Waals surface area (Å²) in [5.74, 6) is 0.237. The van der Waals surface area contributed by atoms with Crippen LogP contribution in [0.3, 0.4) is 0 Å². The van der Waals surface area contributed by atoms with Crippen LogP contribution >= 0.6 is 0 Å².